The molecule has 10 heteroatoms. The summed E-state index contributed by atoms with van der Waals surface area (Å²) in [6.07, 6.45) is 11.3. The van der Waals surface area contributed by atoms with Gasteiger partial charge in [-0.2, -0.15) is 0 Å². The summed E-state index contributed by atoms with van der Waals surface area (Å²) >= 11 is 0. The third kappa shape index (κ3) is 4.33. The van der Waals surface area contributed by atoms with Gasteiger partial charge in [-0.1, -0.05) is 39.5 Å². The molecule has 0 unspecified atom stereocenters. The van der Waals surface area contributed by atoms with Gasteiger partial charge in [0.15, 0.2) is 11.2 Å². The Morgan fingerprint density at radius 3 is 1.43 bits per heavy atom. The summed E-state index contributed by atoms with van der Waals surface area (Å²) in [7, 11) is 0. The molecule has 10 rings (SSSR count). The maximum atomic E-state index is 13.3. The zero-order chi connectivity index (χ0) is 30.5. The molecular weight excluding hydrogens is 568 g/mol. The monoisotopic (exact) mass is 618 g/mol. The van der Waals surface area contributed by atoms with Crippen molar-refractivity contribution in [3.05, 3.63) is 0 Å². The summed E-state index contributed by atoms with van der Waals surface area (Å²) in [5.41, 5.74) is -1.44. The van der Waals surface area contributed by atoms with E-state index < -0.39 is 35.4 Å². The third-order valence-electron chi connectivity index (χ3n) is 13.4. The molecule has 2 aliphatic carbocycles. The van der Waals surface area contributed by atoms with Crippen LogP contribution in [0, 0.1) is 47.3 Å². The predicted octanol–water partition coefficient (Wildman–Crippen LogP) is 6.10. The molecule has 8 saturated heterocycles. The molecule has 8 aliphatic heterocycles. The highest BCUT2D eigenvalue weighted by atomic mass is 17.3. The van der Waals surface area contributed by atoms with Crippen molar-refractivity contribution in [3.8, 4) is 0 Å². The topological polar surface area (TPSA) is 108 Å². The molecule has 10 aliphatic rings. The van der Waals surface area contributed by atoms with Crippen LogP contribution in [0.3, 0.4) is 0 Å². The zero-order valence-electron chi connectivity index (χ0n) is 26.8. The predicted molar refractivity (Wildman–Crippen MR) is 152 cm³/mol. The third-order valence-corrected chi connectivity index (χ3v) is 13.4. The van der Waals surface area contributed by atoms with Gasteiger partial charge < -0.3 is 18.9 Å². The van der Waals surface area contributed by atoms with Gasteiger partial charge >= 0.3 is 11.9 Å². The molecule has 14 atom stereocenters. The Hall–Kier alpha value is -1.30. The second kappa shape index (κ2) is 10.6. The van der Waals surface area contributed by atoms with Crippen LogP contribution in [0.2, 0.25) is 0 Å². The quantitative estimate of drug-likeness (QED) is 0.189. The van der Waals surface area contributed by atoms with Gasteiger partial charge in [-0.3, -0.25) is 9.59 Å². The number of rotatable bonds is 7. The van der Waals surface area contributed by atoms with E-state index in [0.29, 0.717) is 11.8 Å². The average Bonchev–Trinajstić information content (AvgIpc) is 3.36. The molecule has 0 radical (unpaired) electrons. The highest BCUT2D eigenvalue weighted by molar-refractivity contribution is 5.75. The van der Waals surface area contributed by atoms with Crippen molar-refractivity contribution < 1.29 is 48.1 Å². The number of unbranched alkanes of at least 4 members (excludes halogenated alkanes) is 3. The SMILES string of the molecule is C[C@@H]1CC[C@H]2[C@H](CCCCCC[C@H]3C(=O)O[C@@H]4O[C@@]5(C)CC[C@H]6[C@H](C)CC[C@@H]3[C@@]46OO5)C(=O)O[C@@H]3O[C@@]4(C)CC[C@@H]1[C@]32OO4. The Kier molecular flexibility index (Phi) is 7.25. The lowest BCUT2D eigenvalue weighted by atomic mass is 9.57. The average molecular weight is 619 g/mol. The number of fused-ring (bicyclic) bond motifs is 4. The van der Waals surface area contributed by atoms with Gasteiger partial charge in [0.1, 0.15) is 0 Å². The second-order valence-electron chi connectivity index (χ2n) is 15.9. The van der Waals surface area contributed by atoms with Crippen molar-refractivity contribution in [2.45, 2.75) is 153 Å². The lowest BCUT2D eigenvalue weighted by Crippen LogP contribution is -2.70. The highest BCUT2D eigenvalue weighted by Crippen LogP contribution is 2.62. The van der Waals surface area contributed by atoms with Crippen molar-refractivity contribution in [2.75, 3.05) is 0 Å². The molecular formula is C34H50O10. The fraction of sp³-hybridized carbons (Fsp3) is 0.941. The molecule has 0 amide bonds. The maximum Gasteiger partial charge on any atom is 0.311 e. The first kappa shape index (κ1) is 30.1. The number of ether oxygens (including phenoxy) is 4. The second-order valence-corrected chi connectivity index (χ2v) is 15.9. The van der Waals surface area contributed by atoms with Crippen LogP contribution < -0.4 is 0 Å². The Morgan fingerprint density at radius 1 is 0.568 bits per heavy atom. The number of hydrogen-bond acceptors (Lipinski definition) is 10. The van der Waals surface area contributed by atoms with E-state index in [4.69, 9.17) is 38.5 Å². The first-order valence-electron chi connectivity index (χ1n) is 17.6. The summed E-state index contributed by atoms with van der Waals surface area (Å²) in [5.74, 6) is -1.01. The number of carbonyl (C=O) groups excluding carboxylic acids is 2. The molecule has 10 fully saturated rings. The summed E-state index contributed by atoms with van der Waals surface area (Å²) in [6, 6.07) is 0. The van der Waals surface area contributed by atoms with Gasteiger partial charge in [-0.25, -0.2) is 19.6 Å². The van der Waals surface area contributed by atoms with Gasteiger partial charge in [-0.05, 0) is 77.0 Å². The maximum absolute atomic E-state index is 13.3. The lowest BCUT2D eigenvalue weighted by molar-refractivity contribution is -0.559. The van der Waals surface area contributed by atoms with Crippen LogP contribution in [0.5, 0.6) is 0 Å². The van der Waals surface area contributed by atoms with E-state index in [2.05, 4.69) is 13.8 Å². The zero-order valence-corrected chi connectivity index (χ0v) is 26.8. The standard InChI is InChI=1S/C34H50O10/c1-19-11-13-25-21(27(35)37-29-33(25)23(19)15-17-31(3,39-29)41-43-33)9-7-5-6-8-10-22-26-14-12-20(2)24-16-18-32(4)40-30(38-28(22)36)34(24,26)44-42-32/h19-26,29-30H,5-18H2,1-4H3/t19-,20-,21-,22+,23+,24+,25+,26+,29-,30-,31-,32-,33-,34-/m1/s1. The van der Waals surface area contributed by atoms with Gasteiger partial charge in [0.2, 0.25) is 24.2 Å². The molecule has 4 bridgehead atoms. The lowest BCUT2D eigenvalue weighted by Gasteiger charge is -2.58. The summed E-state index contributed by atoms with van der Waals surface area (Å²) < 4.78 is 24.5. The van der Waals surface area contributed by atoms with Gasteiger partial charge in [-0.15, -0.1) is 0 Å². The molecule has 0 aromatic heterocycles. The van der Waals surface area contributed by atoms with E-state index in [9.17, 15) is 9.59 Å². The Morgan fingerprint density at radius 2 is 1.00 bits per heavy atom. The summed E-state index contributed by atoms with van der Waals surface area (Å²) in [6.45, 7) is 8.33. The molecule has 2 saturated carbocycles. The Balaban J connectivity index is 0.891. The fourth-order valence-corrected chi connectivity index (χ4v) is 11.0. The molecule has 10 nitrogen and oxygen atoms in total. The molecule has 246 valence electrons. The minimum absolute atomic E-state index is 0.0322. The summed E-state index contributed by atoms with van der Waals surface area (Å²) in [5, 5.41) is 0. The van der Waals surface area contributed by atoms with E-state index in [0.717, 1.165) is 89.9 Å². The van der Waals surface area contributed by atoms with Gasteiger partial charge in [0, 0.05) is 36.5 Å². The largest absolute Gasteiger partial charge is 0.432 e. The first-order chi connectivity index (χ1) is 21.1. The minimum atomic E-state index is -0.868. The van der Waals surface area contributed by atoms with Crippen LogP contribution in [0.15, 0.2) is 0 Å². The Labute approximate surface area is 260 Å². The molecule has 8 heterocycles. The smallest absolute Gasteiger partial charge is 0.311 e. The molecule has 0 N–H and O–H groups in total. The van der Waals surface area contributed by atoms with Crippen LogP contribution in [0.25, 0.3) is 0 Å². The number of hydrogen-bond donors (Lipinski definition) is 0. The molecule has 0 aromatic rings. The van der Waals surface area contributed by atoms with E-state index in [-0.39, 0.29) is 47.4 Å². The van der Waals surface area contributed by atoms with Crippen LogP contribution in [0.1, 0.15) is 118 Å². The van der Waals surface area contributed by atoms with E-state index >= 15 is 0 Å². The van der Waals surface area contributed by atoms with Crippen molar-refractivity contribution in [2.24, 2.45) is 47.3 Å². The minimum Gasteiger partial charge on any atom is -0.432 e. The number of esters is 2. The van der Waals surface area contributed by atoms with E-state index in [1.807, 2.05) is 13.8 Å². The van der Waals surface area contributed by atoms with Crippen LogP contribution >= 0.6 is 0 Å². The molecule has 2 spiro atoms. The normalized spacial score (nSPS) is 54.0. The molecule has 44 heavy (non-hydrogen) atoms. The summed E-state index contributed by atoms with van der Waals surface area (Å²) in [4.78, 5) is 51.0. The van der Waals surface area contributed by atoms with Gasteiger partial charge in [0.25, 0.3) is 0 Å². The van der Waals surface area contributed by atoms with Crippen molar-refractivity contribution in [3.63, 3.8) is 0 Å². The van der Waals surface area contributed by atoms with Crippen molar-refractivity contribution >= 4 is 11.9 Å². The number of carbonyl (C=O) groups is 2. The van der Waals surface area contributed by atoms with Gasteiger partial charge in [0.05, 0.1) is 11.8 Å². The van der Waals surface area contributed by atoms with Crippen molar-refractivity contribution in [1.82, 2.24) is 0 Å². The highest BCUT2D eigenvalue weighted by Gasteiger charge is 2.72. The van der Waals surface area contributed by atoms with E-state index in [1.54, 1.807) is 0 Å². The molecule has 0 aromatic carbocycles. The van der Waals surface area contributed by atoms with Crippen LogP contribution in [-0.4, -0.2) is 47.3 Å². The van der Waals surface area contributed by atoms with Crippen LogP contribution in [-0.2, 0) is 48.1 Å². The fourth-order valence-electron chi connectivity index (χ4n) is 11.0. The van der Waals surface area contributed by atoms with Crippen molar-refractivity contribution in [1.29, 1.82) is 0 Å². The first-order valence-corrected chi connectivity index (χ1v) is 17.6. The van der Waals surface area contributed by atoms with Crippen LogP contribution in [0.4, 0.5) is 0 Å². The van der Waals surface area contributed by atoms with E-state index in [1.165, 1.54) is 0 Å². The Bertz CT molecular complexity index is 1070.